The predicted molar refractivity (Wildman–Crippen MR) is 165 cm³/mol. The van der Waals surface area contributed by atoms with Crippen molar-refractivity contribution < 1.29 is 22.0 Å². The fourth-order valence-corrected chi connectivity index (χ4v) is 8.58. The molecule has 3 saturated carbocycles. The maximum atomic E-state index is 14.4. The molecule has 3 aliphatic rings. The molecule has 5 heteroatoms. The molecule has 0 heterocycles. The van der Waals surface area contributed by atoms with Crippen LogP contribution in [0.25, 0.3) is 5.83 Å². The summed E-state index contributed by atoms with van der Waals surface area (Å²) in [5.74, 6) is -0.447. The van der Waals surface area contributed by atoms with Crippen LogP contribution in [0.1, 0.15) is 132 Å². The Hall–Kier alpha value is -2.17. The third kappa shape index (κ3) is 8.31. The van der Waals surface area contributed by atoms with Crippen molar-refractivity contribution in [3.05, 3.63) is 76.4 Å². The molecule has 0 amide bonds. The monoisotopic (exact) mass is 600 g/mol. The van der Waals surface area contributed by atoms with Gasteiger partial charge >= 0.3 is 0 Å². The standard InChI is InChI=1S/C38H49F5/c1-2-3-4-34(39)37(42)33-21-19-32(20-22-33)31-17-15-30(16-18-31)29-13-11-28(12-14-29)27-9-7-25(8-10-27)5-6-26-23-35(40)38(43)36(41)24-26/h19-25,27-31H,2-18H2,1H3. The molecule has 0 spiro atoms. The first-order chi connectivity index (χ1) is 20.8. The van der Waals surface area contributed by atoms with Crippen LogP contribution < -0.4 is 0 Å². The zero-order valence-electron chi connectivity index (χ0n) is 25.8. The van der Waals surface area contributed by atoms with Crippen molar-refractivity contribution in [2.45, 2.75) is 122 Å². The summed E-state index contributed by atoms with van der Waals surface area (Å²) in [6.07, 6.45) is 18.5. The smallest absolute Gasteiger partial charge is 0.194 e. The highest BCUT2D eigenvalue weighted by Gasteiger charge is 2.35. The maximum absolute atomic E-state index is 14.4. The predicted octanol–water partition coefficient (Wildman–Crippen LogP) is 12.4. The van der Waals surface area contributed by atoms with Crippen LogP contribution in [0.15, 0.2) is 42.2 Å². The molecule has 0 nitrogen and oxygen atoms in total. The van der Waals surface area contributed by atoms with Gasteiger partial charge in [0.15, 0.2) is 23.3 Å². The first-order valence-electron chi connectivity index (χ1n) is 17.1. The fourth-order valence-electron chi connectivity index (χ4n) is 8.58. The van der Waals surface area contributed by atoms with Crippen molar-refractivity contribution in [2.75, 3.05) is 0 Å². The van der Waals surface area contributed by atoms with Crippen molar-refractivity contribution in [1.82, 2.24) is 0 Å². The minimum atomic E-state index is -1.38. The lowest BCUT2D eigenvalue weighted by atomic mass is 9.64. The first kappa shape index (κ1) is 32.2. The molecule has 236 valence electrons. The molecule has 0 bridgehead atoms. The van der Waals surface area contributed by atoms with E-state index < -0.39 is 29.1 Å². The number of rotatable bonds is 10. The van der Waals surface area contributed by atoms with E-state index in [0.29, 0.717) is 35.8 Å². The normalized spacial score (nSPS) is 28.9. The van der Waals surface area contributed by atoms with Gasteiger partial charge in [0.25, 0.3) is 0 Å². The molecule has 5 rings (SSSR count). The average molecular weight is 601 g/mol. The Balaban J connectivity index is 1.01. The minimum Gasteiger partial charge on any atom is -0.209 e. The molecule has 3 aliphatic carbocycles. The number of hydrogen-bond donors (Lipinski definition) is 0. The van der Waals surface area contributed by atoms with Crippen molar-refractivity contribution in [3.63, 3.8) is 0 Å². The summed E-state index contributed by atoms with van der Waals surface area (Å²) in [4.78, 5) is 0. The second-order valence-electron chi connectivity index (χ2n) is 13.9. The quantitative estimate of drug-likeness (QED) is 0.188. The lowest BCUT2D eigenvalue weighted by Gasteiger charge is -2.41. The van der Waals surface area contributed by atoms with Crippen LogP contribution in [0.3, 0.4) is 0 Å². The molecule has 2 aromatic rings. The average Bonchev–Trinajstić information content (AvgIpc) is 3.05. The van der Waals surface area contributed by atoms with Crippen molar-refractivity contribution >= 4 is 5.83 Å². The largest absolute Gasteiger partial charge is 0.209 e. The van der Waals surface area contributed by atoms with E-state index in [1.807, 2.05) is 19.1 Å². The van der Waals surface area contributed by atoms with E-state index in [-0.39, 0.29) is 6.42 Å². The highest BCUT2D eigenvalue weighted by atomic mass is 19.2. The van der Waals surface area contributed by atoms with Gasteiger partial charge in [-0.25, -0.2) is 22.0 Å². The molecular weight excluding hydrogens is 551 g/mol. The lowest BCUT2D eigenvalue weighted by molar-refractivity contribution is 0.109. The molecule has 0 radical (unpaired) electrons. The third-order valence-corrected chi connectivity index (χ3v) is 11.3. The van der Waals surface area contributed by atoms with Gasteiger partial charge in [0.2, 0.25) is 0 Å². The van der Waals surface area contributed by atoms with Gasteiger partial charge in [-0.05, 0) is 142 Å². The molecule has 0 atom stereocenters. The van der Waals surface area contributed by atoms with Crippen LogP contribution in [-0.4, -0.2) is 0 Å². The van der Waals surface area contributed by atoms with E-state index in [0.717, 1.165) is 48.6 Å². The van der Waals surface area contributed by atoms with Gasteiger partial charge < -0.3 is 0 Å². The summed E-state index contributed by atoms with van der Waals surface area (Å²) in [6, 6.07) is 9.82. The highest BCUT2D eigenvalue weighted by molar-refractivity contribution is 5.61. The van der Waals surface area contributed by atoms with E-state index in [4.69, 9.17) is 0 Å². The number of aryl methyl sites for hydroxylation is 1. The SMILES string of the molecule is CCCCC(F)=C(F)c1ccc(C2CCC(C3CCC(C4CCC(CCc5cc(F)c(F)c(F)c5)CC4)CC3)CC2)cc1. The molecule has 2 aromatic carbocycles. The number of hydrogen-bond acceptors (Lipinski definition) is 0. The first-order valence-corrected chi connectivity index (χ1v) is 17.1. The summed E-state index contributed by atoms with van der Waals surface area (Å²) < 4.78 is 68.8. The molecule has 0 N–H and O–H groups in total. The maximum Gasteiger partial charge on any atom is 0.194 e. The number of benzene rings is 2. The number of halogens is 5. The Morgan fingerprint density at radius 2 is 1.16 bits per heavy atom. The van der Waals surface area contributed by atoms with Gasteiger partial charge in [0, 0.05) is 12.0 Å². The van der Waals surface area contributed by atoms with Gasteiger partial charge in [0.1, 0.15) is 5.83 Å². The molecule has 0 aromatic heterocycles. The van der Waals surface area contributed by atoms with Crippen molar-refractivity contribution in [3.8, 4) is 0 Å². The molecule has 43 heavy (non-hydrogen) atoms. The van der Waals surface area contributed by atoms with Crippen LogP contribution in [0, 0.1) is 47.0 Å². The molecular formula is C38H49F5. The fraction of sp³-hybridized carbons (Fsp3) is 0.632. The van der Waals surface area contributed by atoms with Crippen LogP contribution in [0.5, 0.6) is 0 Å². The Morgan fingerprint density at radius 3 is 1.67 bits per heavy atom. The van der Waals surface area contributed by atoms with Crippen LogP contribution >= 0.6 is 0 Å². The Labute approximate surface area is 255 Å². The van der Waals surface area contributed by atoms with Crippen molar-refractivity contribution in [2.24, 2.45) is 29.6 Å². The van der Waals surface area contributed by atoms with Gasteiger partial charge in [-0.15, -0.1) is 0 Å². The van der Waals surface area contributed by atoms with Gasteiger partial charge in [-0.1, -0.05) is 50.5 Å². The van der Waals surface area contributed by atoms with Gasteiger partial charge in [-0.2, -0.15) is 0 Å². The highest BCUT2D eigenvalue weighted by Crippen LogP contribution is 2.47. The van der Waals surface area contributed by atoms with E-state index in [1.54, 1.807) is 12.1 Å². The summed E-state index contributed by atoms with van der Waals surface area (Å²) in [5.41, 5.74) is 2.18. The summed E-state index contributed by atoms with van der Waals surface area (Å²) in [7, 11) is 0. The van der Waals surface area contributed by atoms with E-state index in [2.05, 4.69) is 0 Å². The summed E-state index contributed by atoms with van der Waals surface area (Å²) in [5, 5.41) is 0. The van der Waals surface area contributed by atoms with Crippen LogP contribution in [0.4, 0.5) is 22.0 Å². The summed E-state index contributed by atoms with van der Waals surface area (Å²) in [6.45, 7) is 1.98. The lowest BCUT2D eigenvalue weighted by Crippen LogP contribution is -2.29. The number of unbranched alkanes of at least 4 members (excludes halogenated alkanes) is 1. The third-order valence-electron chi connectivity index (χ3n) is 11.3. The second-order valence-corrected chi connectivity index (χ2v) is 13.9. The Kier molecular flexibility index (Phi) is 11.4. The topological polar surface area (TPSA) is 0 Å². The molecule has 0 unspecified atom stereocenters. The van der Waals surface area contributed by atoms with Gasteiger partial charge in [-0.3, -0.25) is 0 Å². The zero-order chi connectivity index (χ0) is 30.3. The molecule has 0 saturated heterocycles. The summed E-state index contributed by atoms with van der Waals surface area (Å²) >= 11 is 0. The van der Waals surface area contributed by atoms with E-state index in [9.17, 15) is 22.0 Å². The van der Waals surface area contributed by atoms with Crippen LogP contribution in [-0.2, 0) is 6.42 Å². The minimum absolute atomic E-state index is 0.172. The van der Waals surface area contributed by atoms with Crippen molar-refractivity contribution in [1.29, 1.82) is 0 Å². The van der Waals surface area contributed by atoms with Crippen LogP contribution in [0.2, 0.25) is 0 Å². The van der Waals surface area contributed by atoms with E-state index in [1.165, 1.54) is 82.6 Å². The Morgan fingerprint density at radius 1 is 0.674 bits per heavy atom. The van der Waals surface area contributed by atoms with Gasteiger partial charge in [0.05, 0.1) is 0 Å². The molecule has 0 aliphatic heterocycles. The van der Waals surface area contributed by atoms with E-state index >= 15 is 0 Å². The second kappa shape index (κ2) is 15.2. The Bertz CT molecular complexity index is 1170. The zero-order valence-corrected chi connectivity index (χ0v) is 25.8. The molecule has 3 fully saturated rings. The number of allylic oxidation sites excluding steroid dienone is 1.